The Hall–Kier alpha value is -4.36. The van der Waals surface area contributed by atoms with Crippen LogP contribution in [0.1, 0.15) is 80.8 Å². The Bertz CT molecular complexity index is 1740. The summed E-state index contributed by atoms with van der Waals surface area (Å²) in [5.41, 5.74) is 5.50. The SMILES string of the molecule is CN1CCC[C@H]1COc1nc2c(c(N3CCN(C(=O)OC(C)(C)C)[C@@H](CC#N)C3)n1)CCC1(CCc3ccc(OCc4ccccc4)cc31)C2. The van der Waals surface area contributed by atoms with Gasteiger partial charge in [-0.05, 0) is 108 Å². The summed E-state index contributed by atoms with van der Waals surface area (Å²) in [6.07, 6.45) is 6.89. The number of likely N-dealkylation sites (N-methyl/N-ethyl adjacent to an activating group) is 1. The second-order valence-electron chi connectivity index (χ2n) is 15.5. The van der Waals surface area contributed by atoms with E-state index in [4.69, 9.17) is 24.2 Å². The Kier molecular flexibility index (Phi) is 9.62. The molecule has 3 aromatic rings. The number of benzene rings is 2. The molecule has 0 bridgehead atoms. The summed E-state index contributed by atoms with van der Waals surface area (Å²) >= 11 is 0. The van der Waals surface area contributed by atoms with Gasteiger partial charge in [-0.3, -0.25) is 0 Å². The fraction of sp³-hybridized carbons (Fsp3) is 0.550. The average molecular weight is 679 g/mol. The van der Waals surface area contributed by atoms with Crippen LogP contribution in [0.15, 0.2) is 48.5 Å². The van der Waals surface area contributed by atoms with E-state index in [1.54, 1.807) is 4.90 Å². The standard InChI is InChI=1S/C40H50N6O4/c1-39(2,3)50-38(47)46-22-21-45(25-30(46)16-19-41)36-33-15-18-40(24-35(33)42-37(43-36)49-27-31-11-8-20-44(31)4)17-14-29-12-13-32(23-34(29)40)48-26-28-9-6-5-7-10-28/h5-7,9-10,12-13,23,30-31H,8,11,14-18,20-22,24-27H2,1-4H3/t30-,31-,40?/m0/s1. The molecule has 0 radical (unpaired) electrons. The van der Waals surface area contributed by atoms with Gasteiger partial charge in [0.1, 0.15) is 30.4 Å². The lowest BCUT2D eigenvalue weighted by Gasteiger charge is -2.43. The quantitative estimate of drug-likeness (QED) is 0.274. The molecule has 1 aromatic heterocycles. The molecule has 0 N–H and O–H groups in total. The summed E-state index contributed by atoms with van der Waals surface area (Å²) in [4.78, 5) is 29.7. The number of hydrogen-bond acceptors (Lipinski definition) is 9. The molecule has 2 aliphatic heterocycles. The van der Waals surface area contributed by atoms with E-state index in [1.807, 2.05) is 39.0 Å². The smallest absolute Gasteiger partial charge is 0.410 e. The maximum atomic E-state index is 13.2. The third-order valence-electron chi connectivity index (χ3n) is 11.0. The van der Waals surface area contributed by atoms with Gasteiger partial charge < -0.3 is 28.9 Å². The van der Waals surface area contributed by atoms with Crippen molar-refractivity contribution in [2.45, 2.75) is 102 Å². The van der Waals surface area contributed by atoms with Crippen molar-refractivity contribution in [3.63, 3.8) is 0 Å². The fourth-order valence-electron chi connectivity index (χ4n) is 8.30. The Balaban J connectivity index is 1.17. The first-order chi connectivity index (χ1) is 24.1. The first-order valence-electron chi connectivity index (χ1n) is 18.3. The number of rotatable bonds is 8. The van der Waals surface area contributed by atoms with E-state index in [0.717, 1.165) is 73.5 Å². The lowest BCUT2D eigenvalue weighted by Crippen LogP contribution is -2.56. The maximum Gasteiger partial charge on any atom is 0.410 e. The zero-order chi connectivity index (χ0) is 34.9. The van der Waals surface area contributed by atoms with Crippen molar-refractivity contribution in [1.29, 1.82) is 5.26 Å². The molecular weight excluding hydrogens is 628 g/mol. The van der Waals surface area contributed by atoms with Crippen molar-refractivity contribution in [3.05, 3.63) is 76.5 Å². The monoisotopic (exact) mass is 678 g/mol. The van der Waals surface area contributed by atoms with Gasteiger partial charge in [-0.15, -0.1) is 0 Å². The number of anilines is 1. The van der Waals surface area contributed by atoms with Gasteiger partial charge in [-0.2, -0.15) is 15.2 Å². The van der Waals surface area contributed by atoms with Crippen LogP contribution in [-0.2, 0) is 36.0 Å². The first-order valence-corrected chi connectivity index (χ1v) is 18.3. The number of nitrogens with zero attached hydrogens (tertiary/aromatic N) is 6. The van der Waals surface area contributed by atoms with Gasteiger partial charge in [0.05, 0.1) is 24.2 Å². The van der Waals surface area contributed by atoms with Gasteiger partial charge >= 0.3 is 12.1 Å². The van der Waals surface area contributed by atoms with Gasteiger partial charge in [0.2, 0.25) is 0 Å². The Morgan fingerprint density at radius 2 is 1.84 bits per heavy atom. The van der Waals surface area contributed by atoms with Crippen LogP contribution in [0, 0.1) is 11.3 Å². The lowest BCUT2D eigenvalue weighted by atomic mass is 9.69. The number of nitriles is 1. The molecule has 2 fully saturated rings. The molecule has 1 spiro atoms. The zero-order valence-electron chi connectivity index (χ0n) is 30.0. The van der Waals surface area contributed by atoms with E-state index in [-0.39, 0.29) is 24.0 Å². The lowest BCUT2D eigenvalue weighted by molar-refractivity contribution is 0.0144. The van der Waals surface area contributed by atoms with E-state index in [2.05, 4.69) is 53.2 Å². The topological polar surface area (TPSA) is 104 Å². The number of aromatic nitrogens is 2. The van der Waals surface area contributed by atoms with Crippen LogP contribution in [0.25, 0.3) is 0 Å². The van der Waals surface area contributed by atoms with Gasteiger partial charge in [-0.1, -0.05) is 36.4 Å². The molecule has 10 heteroatoms. The van der Waals surface area contributed by atoms with E-state index >= 15 is 0 Å². The number of carbonyl (C=O) groups excluding carboxylic acids is 1. The molecule has 50 heavy (non-hydrogen) atoms. The molecule has 1 amide bonds. The van der Waals surface area contributed by atoms with Crippen LogP contribution >= 0.6 is 0 Å². The third kappa shape index (κ3) is 7.25. The highest BCUT2D eigenvalue weighted by molar-refractivity contribution is 5.69. The van der Waals surface area contributed by atoms with Crippen LogP contribution in [0.5, 0.6) is 11.8 Å². The van der Waals surface area contributed by atoms with Crippen molar-refractivity contribution in [3.8, 4) is 17.8 Å². The third-order valence-corrected chi connectivity index (χ3v) is 11.0. The molecule has 2 aliphatic carbocycles. The number of ether oxygens (including phenoxy) is 3. The van der Waals surface area contributed by atoms with E-state index in [9.17, 15) is 10.1 Å². The zero-order valence-corrected chi connectivity index (χ0v) is 30.0. The Labute approximate surface area is 296 Å². The summed E-state index contributed by atoms with van der Waals surface area (Å²) in [6.45, 7) is 9.30. The highest BCUT2D eigenvalue weighted by Gasteiger charge is 2.44. The number of carbonyl (C=O) groups is 1. The molecule has 7 rings (SSSR count). The van der Waals surface area contributed by atoms with Gasteiger partial charge in [0.25, 0.3) is 0 Å². The summed E-state index contributed by atoms with van der Waals surface area (Å²) in [6, 6.07) is 19.7. The molecule has 10 nitrogen and oxygen atoms in total. The molecule has 3 atom stereocenters. The number of piperazine rings is 1. The minimum Gasteiger partial charge on any atom is -0.489 e. The molecular formula is C40H50N6O4. The number of hydrogen-bond donors (Lipinski definition) is 0. The van der Waals surface area contributed by atoms with Crippen molar-refractivity contribution < 1.29 is 19.0 Å². The van der Waals surface area contributed by atoms with Crippen LogP contribution in [0.2, 0.25) is 0 Å². The summed E-state index contributed by atoms with van der Waals surface area (Å²) < 4.78 is 18.4. The van der Waals surface area contributed by atoms with Crippen LogP contribution in [0.3, 0.4) is 0 Å². The van der Waals surface area contributed by atoms with Crippen molar-refractivity contribution in [1.82, 2.24) is 19.8 Å². The normalized spacial score (nSPS) is 23.3. The van der Waals surface area contributed by atoms with Crippen molar-refractivity contribution >= 4 is 11.9 Å². The molecule has 264 valence electrons. The minimum absolute atomic E-state index is 0.0260. The largest absolute Gasteiger partial charge is 0.489 e. The minimum atomic E-state index is -0.611. The summed E-state index contributed by atoms with van der Waals surface area (Å²) in [7, 11) is 2.15. The Morgan fingerprint density at radius 3 is 2.60 bits per heavy atom. The molecule has 4 aliphatic rings. The van der Waals surface area contributed by atoms with Gasteiger partial charge in [0.15, 0.2) is 0 Å². The number of aryl methyl sites for hydroxylation is 1. The highest BCUT2D eigenvalue weighted by atomic mass is 16.6. The maximum absolute atomic E-state index is 13.2. The molecule has 2 aromatic carbocycles. The molecule has 1 unspecified atom stereocenters. The predicted molar refractivity (Wildman–Crippen MR) is 192 cm³/mol. The number of likely N-dealkylation sites (tertiary alicyclic amines) is 1. The Morgan fingerprint density at radius 1 is 1.02 bits per heavy atom. The molecule has 0 saturated carbocycles. The van der Waals surface area contributed by atoms with Crippen LogP contribution < -0.4 is 14.4 Å². The van der Waals surface area contributed by atoms with Crippen molar-refractivity contribution in [2.24, 2.45) is 0 Å². The second kappa shape index (κ2) is 14.1. The van der Waals surface area contributed by atoms with Gasteiger partial charge in [-0.25, -0.2) is 4.79 Å². The highest BCUT2D eigenvalue weighted by Crippen LogP contribution is 2.49. The predicted octanol–water partition coefficient (Wildman–Crippen LogP) is 6.24. The van der Waals surface area contributed by atoms with Crippen LogP contribution in [0.4, 0.5) is 10.6 Å². The number of amides is 1. The van der Waals surface area contributed by atoms with E-state index in [0.29, 0.717) is 44.9 Å². The molecule has 2 saturated heterocycles. The molecule has 3 heterocycles. The summed E-state index contributed by atoms with van der Waals surface area (Å²) in [5, 5.41) is 9.74. The van der Waals surface area contributed by atoms with Gasteiger partial charge in [0, 0.05) is 36.7 Å². The first kappa shape index (κ1) is 34.1. The van der Waals surface area contributed by atoms with Crippen molar-refractivity contribution in [2.75, 3.05) is 44.7 Å². The fourth-order valence-corrected chi connectivity index (χ4v) is 8.30. The van der Waals surface area contributed by atoms with E-state index < -0.39 is 5.60 Å². The van der Waals surface area contributed by atoms with Crippen LogP contribution in [-0.4, -0.2) is 83.4 Å². The summed E-state index contributed by atoms with van der Waals surface area (Å²) in [5.74, 6) is 1.78. The van der Waals surface area contributed by atoms with E-state index in [1.165, 1.54) is 17.5 Å². The number of fused-ring (bicyclic) bond motifs is 3. The average Bonchev–Trinajstić information content (AvgIpc) is 3.67. The second-order valence-corrected chi connectivity index (χ2v) is 15.5.